The average molecular weight is 278 g/mol. The van der Waals surface area contributed by atoms with E-state index in [-0.39, 0.29) is 5.82 Å². The number of benzene rings is 1. The molecule has 2 nitrogen and oxygen atoms in total. The molecule has 1 N–H and O–H groups in total. The first-order valence-electron chi connectivity index (χ1n) is 6.49. The molecule has 0 saturated heterocycles. The second kappa shape index (κ2) is 6.26. The molecule has 2 rings (SSSR count). The number of thiazole rings is 1. The van der Waals surface area contributed by atoms with Gasteiger partial charge in [0.15, 0.2) is 0 Å². The van der Waals surface area contributed by atoms with E-state index in [1.807, 2.05) is 12.1 Å². The molecule has 0 aliphatic heterocycles. The van der Waals surface area contributed by atoms with Crippen molar-refractivity contribution in [3.8, 4) is 0 Å². The SMILES string of the molecule is CCc1nc(CNCc2cc(C)c(F)c(C)c2)cs1. The largest absolute Gasteiger partial charge is 0.307 e. The lowest BCUT2D eigenvalue weighted by molar-refractivity contribution is 0.605. The number of aromatic nitrogens is 1. The monoisotopic (exact) mass is 278 g/mol. The Morgan fingerprint density at radius 3 is 2.47 bits per heavy atom. The molecule has 19 heavy (non-hydrogen) atoms. The summed E-state index contributed by atoms with van der Waals surface area (Å²) in [6.45, 7) is 7.21. The van der Waals surface area contributed by atoms with E-state index in [1.54, 1.807) is 25.2 Å². The summed E-state index contributed by atoms with van der Waals surface area (Å²) >= 11 is 1.70. The Hall–Kier alpha value is -1.26. The van der Waals surface area contributed by atoms with E-state index in [2.05, 4.69) is 22.6 Å². The van der Waals surface area contributed by atoms with Crippen molar-refractivity contribution < 1.29 is 4.39 Å². The molecule has 0 aliphatic rings. The number of aryl methyl sites for hydroxylation is 3. The fourth-order valence-electron chi connectivity index (χ4n) is 2.07. The molecule has 102 valence electrons. The Morgan fingerprint density at radius 1 is 1.21 bits per heavy atom. The molecule has 0 amide bonds. The van der Waals surface area contributed by atoms with Gasteiger partial charge < -0.3 is 5.32 Å². The Bertz CT molecular complexity index is 540. The highest BCUT2D eigenvalue weighted by Gasteiger charge is 2.04. The van der Waals surface area contributed by atoms with Crippen molar-refractivity contribution in [3.63, 3.8) is 0 Å². The lowest BCUT2D eigenvalue weighted by Gasteiger charge is -2.07. The third-order valence-electron chi connectivity index (χ3n) is 3.03. The summed E-state index contributed by atoms with van der Waals surface area (Å²) in [5, 5.41) is 6.61. The van der Waals surface area contributed by atoms with Gasteiger partial charge in [0.25, 0.3) is 0 Å². The molecule has 0 fully saturated rings. The number of rotatable bonds is 5. The molecule has 0 spiro atoms. The molecule has 0 radical (unpaired) electrons. The minimum Gasteiger partial charge on any atom is -0.307 e. The van der Waals surface area contributed by atoms with Crippen molar-refractivity contribution in [1.29, 1.82) is 0 Å². The third-order valence-corrected chi connectivity index (χ3v) is 4.08. The molecule has 4 heteroatoms. The van der Waals surface area contributed by atoms with Gasteiger partial charge in [0, 0.05) is 18.5 Å². The molecule has 1 aromatic carbocycles. The zero-order valence-corrected chi connectivity index (χ0v) is 12.4. The highest BCUT2D eigenvalue weighted by Crippen LogP contribution is 2.15. The van der Waals surface area contributed by atoms with E-state index in [9.17, 15) is 4.39 Å². The van der Waals surface area contributed by atoms with E-state index in [0.29, 0.717) is 11.1 Å². The zero-order chi connectivity index (χ0) is 13.8. The lowest BCUT2D eigenvalue weighted by atomic mass is 10.1. The maximum absolute atomic E-state index is 13.5. The predicted molar refractivity (Wildman–Crippen MR) is 77.9 cm³/mol. The fourth-order valence-corrected chi connectivity index (χ4v) is 2.81. The summed E-state index contributed by atoms with van der Waals surface area (Å²) in [5.41, 5.74) is 3.61. The van der Waals surface area contributed by atoms with Crippen LogP contribution in [-0.4, -0.2) is 4.98 Å². The molecular weight excluding hydrogens is 259 g/mol. The lowest BCUT2D eigenvalue weighted by Crippen LogP contribution is -2.13. The van der Waals surface area contributed by atoms with Crippen LogP contribution >= 0.6 is 11.3 Å². The Kier molecular flexibility index (Phi) is 4.66. The van der Waals surface area contributed by atoms with Crippen LogP contribution in [0.4, 0.5) is 4.39 Å². The van der Waals surface area contributed by atoms with E-state index in [1.165, 1.54) is 5.01 Å². The molecule has 1 aromatic heterocycles. The minimum atomic E-state index is -0.101. The van der Waals surface area contributed by atoms with Gasteiger partial charge in [-0.2, -0.15) is 0 Å². The van der Waals surface area contributed by atoms with E-state index >= 15 is 0 Å². The summed E-state index contributed by atoms with van der Waals surface area (Å²) in [6, 6.07) is 3.79. The molecule has 0 atom stereocenters. The van der Waals surface area contributed by atoms with Gasteiger partial charge in [0.1, 0.15) is 5.82 Å². The second-order valence-electron chi connectivity index (χ2n) is 4.73. The Balaban J connectivity index is 1.92. The molecule has 0 unspecified atom stereocenters. The number of halogens is 1. The van der Waals surface area contributed by atoms with Crippen molar-refractivity contribution in [2.24, 2.45) is 0 Å². The molecule has 0 aliphatic carbocycles. The van der Waals surface area contributed by atoms with Crippen LogP contribution in [0.25, 0.3) is 0 Å². The zero-order valence-electron chi connectivity index (χ0n) is 11.6. The summed E-state index contributed by atoms with van der Waals surface area (Å²) in [7, 11) is 0. The molecular formula is C15H19FN2S. The Labute approximate surface area is 117 Å². The summed E-state index contributed by atoms with van der Waals surface area (Å²) in [6.07, 6.45) is 0.987. The number of hydrogen-bond donors (Lipinski definition) is 1. The van der Waals surface area contributed by atoms with Gasteiger partial charge in [-0.1, -0.05) is 19.1 Å². The van der Waals surface area contributed by atoms with Crippen LogP contribution in [0.15, 0.2) is 17.5 Å². The van der Waals surface area contributed by atoms with Gasteiger partial charge in [-0.25, -0.2) is 9.37 Å². The standard InChI is InChI=1S/C15H19FN2S/c1-4-14-18-13(9-19-14)8-17-7-12-5-10(2)15(16)11(3)6-12/h5-6,9,17H,4,7-8H2,1-3H3. The van der Waals surface area contributed by atoms with Gasteiger partial charge in [-0.15, -0.1) is 11.3 Å². The van der Waals surface area contributed by atoms with Crippen molar-refractivity contribution in [3.05, 3.63) is 50.7 Å². The first-order valence-corrected chi connectivity index (χ1v) is 7.37. The quantitative estimate of drug-likeness (QED) is 0.901. The minimum absolute atomic E-state index is 0.101. The van der Waals surface area contributed by atoms with Crippen LogP contribution < -0.4 is 5.32 Å². The normalized spacial score (nSPS) is 10.9. The van der Waals surface area contributed by atoms with Gasteiger partial charge in [-0.05, 0) is 37.0 Å². The van der Waals surface area contributed by atoms with Crippen molar-refractivity contribution in [2.75, 3.05) is 0 Å². The van der Waals surface area contributed by atoms with E-state index < -0.39 is 0 Å². The van der Waals surface area contributed by atoms with Crippen LogP contribution in [0.3, 0.4) is 0 Å². The van der Waals surface area contributed by atoms with Crippen LogP contribution in [-0.2, 0) is 19.5 Å². The predicted octanol–water partition coefficient (Wildman–Crippen LogP) is 3.75. The molecule has 1 heterocycles. The third kappa shape index (κ3) is 3.61. The first-order chi connectivity index (χ1) is 9.10. The maximum atomic E-state index is 13.5. The van der Waals surface area contributed by atoms with Gasteiger partial charge in [0.05, 0.1) is 10.7 Å². The highest BCUT2D eigenvalue weighted by molar-refractivity contribution is 7.09. The van der Waals surface area contributed by atoms with Crippen molar-refractivity contribution >= 4 is 11.3 Å². The van der Waals surface area contributed by atoms with Crippen LogP contribution in [0.1, 0.15) is 34.3 Å². The topological polar surface area (TPSA) is 24.9 Å². The van der Waals surface area contributed by atoms with Gasteiger partial charge >= 0.3 is 0 Å². The number of hydrogen-bond acceptors (Lipinski definition) is 3. The maximum Gasteiger partial charge on any atom is 0.129 e. The first kappa shape index (κ1) is 14.2. The molecule has 0 bridgehead atoms. The fraction of sp³-hybridized carbons (Fsp3) is 0.400. The van der Waals surface area contributed by atoms with Gasteiger partial charge in [-0.3, -0.25) is 0 Å². The number of nitrogens with one attached hydrogen (secondary N) is 1. The van der Waals surface area contributed by atoms with Crippen LogP contribution in [0.2, 0.25) is 0 Å². The second-order valence-corrected chi connectivity index (χ2v) is 5.68. The van der Waals surface area contributed by atoms with E-state index in [4.69, 9.17) is 0 Å². The summed E-state index contributed by atoms with van der Waals surface area (Å²) in [5.74, 6) is -0.101. The smallest absolute Gasteiger partial charge is 0.129 e. The van der Waals surface area contributed by atoms with Crippen molar-refractivity contribution in [2.45, 2.75) is 40.3 Å². The highest BCUT2D eigenvalue weighted by atomic mass is 32.1. The Morgan fingerprint density at radius 2 is 1.89 bits per heavy atom. The summed E-state index contributed by atoms with van der Waals surface area (Å²) in [4.78, 5) is 4.51. The van der Waals surface area contributed by atoms with Crippen LogP contribution in [0, 0.1) is 19.7 Å². The van der Waals surface area contributed by atoms with Crippen LogP contribution in [0.5, 0.6) is 0 Å². The van der Waals surface area contributed by atoms with Crippen molar-refractivity contribution in [1.82, 2.24) is 10.3 Å². The van der Waals surface area contributed by atoms with Gasteiger partial charge in [0.2, 0.25) is 0 Å². The van der Waals surface area contributed by atoms with E-state index in [0.717, 1.165) is 30.8 Å². The number of nitrogens with zero attached hydrogens (tertiary/aromatic N) is 1. The average Bonchev–Trinajstić information content (AvgIpc) is 2.84. The molecule has 0 saturated carbocycles. The molecule has 2 aromatic rings. The summed E-state index contributed by atoms with van der Waals surface area (Å²) < 4.78 is 13.5.